The summed E-state index contributed by atoms with van der Waals surface area (Å²) in [6, 6.07) is 24.9. The van der Waals surface area contributed by atoms with Gasteiger partial charge >= 0.3 is 0 Å². The molecule has 0 atom stereocenters. The van der Waals surface area contributed by atoms with Crippen LogP contribution >= 0.6 is 23.2 Å². The number of aryl methyl sites for hydroxylation is 2. The van der Waals surface area contributed by atoms with Gasteiger partial charge in [0.2, 0.25) is 0 Å². The first-order chi connectivity index (χ1) is 18.8. The minimum atomic E-state index is -3.88. The van der Waals surface area contributed by atoms with Crippen molar-refractivity contribution in [3.05, 3.63) is 129 Å². The van der Waals surface area contributed by atoms with E-state index < -0.39 is 31.9 Å². The van der Waals surface area contributed by atoms with Gasteiger partial charge in [0.05, 0.1) is 9.79 Å². The average Bonchev–Trinajstić information content (AvgIpc) is 2.89. The zero-order chi connectivity index (χ0) is 29.5. The predicted octanol–water partition coefficient (Wildman–Crippen LogP) is 5.53. The van der Waals surface area contributed by atoms with Gasteiger partial charge in [-0.25, -0.2) is 26.3 Å². The molecule has 0 unspecified atom stereocenters. The van der Waals surface area contributed by atoms with Gasteiger partial charge in [-0.1, -0.05) is 59.6 Å². The van der Waals surface area contributed by atoms with Crippen molar-refractivity contribution in [2.24, 2.45) is 0 Å². The van der Waals surface area contributed by atoms with E-state index in [4.69, 9.17) is 23.2 Å². The number of carbonyl (C=O) groups is 2. The molecule has 0 saturated heterocycles. The molecule has 0 spiro atoms. The van der Waals surface area contributed by atoms with Crippen LogP contribution in [0, 0.1) is 13.8 Å². The van der Waals surface area contributed by atoms with Crippen molar-refractivity contribution in [1.29, 1.82) is 0 Å². The molecular weight excluding hydrogens is 595 g/mol. The van der Waals surface area contributed by atoms with E-state index in [2.05, 4.69) is 0 Å². The molecule has 0 saturated carbocycles. The van der Waals surface area contributed by atoms with Crippen LogP contribution in [0.1, 0.15) is 31.8 Å². The van der Waals surface area contributed by atoms with Crippen molar-refractivity contribution in [1.82, 2.24) is 9.44 Å². The Morgan fingerprint density at radius 1 is 0.525 bits per heavy atom. The molecule has 0 bridgehead atoms. The van der Waals surface area contributed by atoms with Gasteiger partial charge in [-0.05, 0) is 85.6 Å². The summed E-state index contributed by atoms with van der Waals surface area (Å²) in [6.07, 6.45) is 0. The van der Waals surface area contributed by atoms with Crippen LogP contribution in [0.2, 0.25) is 10.0 Å². The summed E-state index contributed by atoms with van der Waals surface area (Å²) in [5.41, 5.74) is 1.60. The normalized spacial score (nSPS) is 11.1. The molecule has 40 heavy (non-hydrogen) atoms. The third kappa shape index (κ3) is 8.15. The molecule has 2 N–H and O–H groups in total. The zero-order valence-electron chi connectivity index (χ0n) is 21.3. The Kier molecular flexibility index (Phi) is 10.1. The van der Waals surface area contributed by atoms with E-state index in [0.29, 0.717) is 21.2 Å². The minimum Gasteiger partial charge on any atom is -0.268 e. The number of rotatable bonds is 6. The van der Waals surface area contributed by atoms with Crippen molar-refractivity contribution in [2.75, 3.05) is 0 Å². The summed E-state index contributed by atoms with van der Waals surface area (Å²) in [6.45, 7) is 3.34. The molecule has 208 valence electrons. The third-order valence-electron chi connectivity index (χ3n) is 5.43. The van der Waals surface area contributed by atoms with E-state index in [-0.39, 0.29) is 20.9 Å². The van der Waals surface area contributed by atoms with Gasteiger partial charge < -0.3 is 0 Å². The van der Waals surface area contributed by atoms with Crippen molar-refractivity contribution in [3.8, 4) is 0 Å². The monoisotopic (exact) mass is 618 g/mol. The Morgan fingerprint density at radius 3 is 1.12 bits per heavy atom. The molecule has 2 amide bonds. The van der Waals surface area contributed by atoms with E-state index in [0.717, 1.165) is 0 Å². The van der Waals surface area contributed by atoms with Gasteiger partial charge in [0.15, 0.2) is 0 Å². The highest BCUT2D eigenvalue weighted by Gasteiger charge is 2.21. The van der Waals surface area contributed by atoms with Crippen molar-refractivity contribution >= 4 is 55.1 Å². The average molecular weight is 620 g/mol. The van der Waals surface area contributed by atoms with Gasteiger partial charge in [-0.2, -0.15) is 0 Å². The first kappa shape index (κ1) is 30.8. The van der Waals surface area contributed by atoms with E-state index in [1.807, 2.05) is 9.44 Å². The summed E-state index contributed by atoms with van der Waals surface area (Å²) < 4.78 is 52.7. The largest absolute Gasteiger partial charge is 0.268 e. The lowest BCUT2D eigenvalue weighted by molar-refractivity contribution is 0.0972. The number of carbonyl (C=O) groups excluding carboxylic acids is 2. The smallest absolute Gasteiger partial charge is 0.264 e. The summed E-state index contributed by atoms with van der Waals surface area (Å²) in [4.78, 5) is 24.0. The first-order valence-corrected chi connectivity index (χ1v) is 15.3. The second-order valence-corrected chi connectivity index (χ2v) is 12.6. The van der Waals surface area contributed by atoms with Gasteiger partial charge in [-0.15, -0.1) is 0 Å². The Morgan fingerprint density at radius 2 is 0.825 bits per heavy atom. The van der Waals surface area contributed by atoms with Gasteiger partial charge in [0.1, 0.15) is 0 Å². The zero-order valence-corrected chi connectivity index (χ0v) is 24.4. The molecule has 0 heterocycles. The molecule has 12 heteroatoms. The number of halogens is 2. The van der Waals surface area contributed by atoms with Crippen LogP contribution in [-0.4, -0.2) is 28.6 Å². The minimum absolute atomic E-state index is 0.0855. The standard InChI is InChI=1S/2C14H12ClNO3S/c2*1-10-4-2-3-5-13(10)20(18,19)16-14(17)11-6-8-12(15)9-7-11/h2*2-9H,1H3,(H,16,17). The number of hydrogen-bond donors (Lipinski definition) is 2. The van der Waals surface area contributed by atoms with Crippen LogP contribution in [-0.2, 0) is 20.0 Å². The number of amides is 2. The van der Waals surface area contributed by atoms with Crippen LogP contribution in [0.25, 0.3) is 0 Å². The molecule has 0 aromatic heterocycles. The predicted molar refractivity (Wildman–Crippen MR) is 155 cm³/mol. The summed E-state index contributed by atoms with van der Waals surface area (Å²) in [5, 5.41) is 0.951. The Balaban J connectivity index is 0.000000220. The molecule has 0 radical (unpaired) electrons. The molecule has 0 aliphatic heterocycles. The molecule has 8 nitrogen and oxygen atoms in total. The maximum absolute atomic E-state index is 12.1. The third-order valence-corrected chi connectivity index (χ3v) is 8.92. The van der Waals surface area contributed by atoms with Crippen molar-refractivity contribution in [3.63, 3.8) is 0 Å². The topological polar surface area (TPSA) is 126 Å². The summed E-state index contributed by atoms with van der Waals surface area (Å²) >= 11 is 11.4. The van der Waals surface area contributed by atoms with E-state index in [1.54, 1.807) is 50.2 Å². The van der Waals surface area contributed by atoms with E-state index >= 15 is 0 Å². The Hall–Kier alpha value is -3.70. The number of benzene rings is 4. The number of hydrogen-bond acceptors (Lipinski definition) is 6. The first-order valence-electron chi connectivity index (χ1n) is 11.6. The maximum atomic E-state index is 12.1. The fourth-order valence-electron chi connectivity index (χ4n) is 3.39. The van der Waals surface area contributed by atoms with Crippen LogP contribution in [0.3, 0.4) is 0 Å². The Labute approximate surface area is 243 Å². The fraction of sp³-hybridized carbons (Fsp3) is 0.0714. The van der Waals surface area contributed by atoms with Crippen LogP contribution in [0.15, 0.2) is 107 Å². The second kappa shape index (κ2) is 13.1. The maximum Gasteiger partial charge on any atom is 0.264 e. The van der Waals surface area contributed by atoms with Crippen molar-refractivity contribution in [2.45, 2.75) is 23.6 Å². The van der Waals surface area contributed by atoms with Crippen LogP contribution < -0.4 is 9.44 Å². The lowest BCUT2D eigenvalue weighted by Crippen LogP contribution is -2.31. The van der Waals surface area contributed by atoms with Crippen LogP contribution in [0.4, 0.5) is 0 Å². The van der Waals surface area contributed by atoms with Gasteiger partial charge in [0, 0.05) is 21.2 Å². The summed E-state index contributed by atoms with van der Waals surface area (Å²) in [5.74, 6) is -1.38. The highest BCUT2D eigenvalue weighted by Crippen LogP contribution is 2.17. The molecule has 0 aliphatic carbocycles. The van der Waals surface area contributed by atoms with E-state index in [1.165, 1.54) is 60.7 Å². The molecule has 4 rings (SSSR count). The molecule has 4 aromatic rings. The quantitative estimate of drug-likeness (QED) is 0.292. The van der Waals surface area contributed by atoms with Gasteiger partial charge in [-0.3, -0.25) is 9.59 Å². The Bertz CT molecular complexity index is 1610. The van der Waals surface area contributed by atoms with Crippen LogP contribution in [0.5, 0.6) is 0 Å². The molecule has 0 aliphatic rings. The highest BCUT2D eigenvalue weighted by molar-refractivity contribution is 7.90. The van der Waals surface area contributed by atoms with Gasteiger partial charge in [0.25, 0.3) is 31.9 Å². The molecule has 4 aromatic carbocycles. The SMILES string of the molecule is Cc1ccccc1S(=O)(=O)NC(=O)c1ccc(Cl)cc1.Cc1ccccc1S(=O)(=O)NC(=O)c1ccc(Cl)cc1. The second-order valence-electron chi connectivity index (χ2n) is 8.41. The lowest BCUT2D eigenvalue weighted by Gasteiger charge is -2.09. The molecule has 0 fully saturated rings. The highest BCUT2D eigenvalue weighted by atomic mass is 35.5. The fourth-order valence-corrected chi connectivity index (χ4v) is 6.09. The number of nitrogens with one attached hydrogen (secondary N) is 2. The number of sulfonamides is 2. The summed E-state index contributed by atoms with van der Waals surface area (Å²) in [7, 11) is -7.76. The lowest BCUT2D eigenvalue weighted by atomic mass is 10.2. The molecular formula is C28H24Cl2N2O6S2. The van der Waals surface area contributed by atoms with Crippen molar-refractivity contribution < 1.29 is 26.4 Å². The van der Waals surface area contributed by atoms with E-state index in [9.17, 15) is 26.4 Å².